The summed E-state index contributed by atoms with van der Waals surface area (Å²) in [5, 5.41) is 0. The Bertz CT molecular complexity index is 389. The summed E-state index contributed by atoms with van der Waals surface area (Å²) < 4.78 is 5.67. The van der Waals surface area contributed by atoms with Crippen LogP contribution >= 0.6 is 0 Å². The molecule has 0 radical (unpaired) electrons. The molecule has 1 unspecified atom stereocenters. The van der Waals surface area contributed by atoms with Crippen LogP contribution in [0, 0.1) is 26.2 Å². The van der Waals surface area contributed by atoms with E-state index in [0.29, 0.717) is 5.92 Å². The lowest BCUT2D eigenvalue weighted by atomic mass is 9.90. The van der Waals surface area contributed by atoms with Crippen LogP contribution in [0.4, 0.5) is 0 Å². The number of terminal acetylenes is 1. The first-order valence-corrected chi connectivity index (χ1v) is 6.27. The highest BCUT2D eigenvalue weighted by atomic mass is 16.5. The molecule has 0 heterocycles. The van der Waals surface area contributed by atoms with E-state index in [-0.39, 0.29) is 0 Å². The standard InChI is InChI=1S/C16H22O/c1-6-8-12(3)16-13(4)10-15(11-14(16)5)17-9-7-2/h1,10-12H,7-9H2,2-5H3. The molecule has 1 atom stereocenters. The van der Waals surface area contributed by atoms with E-state index >= 15 is 0 Å². The molecule has 0 N–H and O–H groups in total. The van der Waals surface area contributed by atoms with E-state index in [1.807, 2.05) is 0 Å². The molecule has 1 rings (SSSR count). The van der Waals surface area contributed by atoms with E-state index in [9.17, 15) is 0 Å². The second-order valence-electron chi connectivity index (χ2n) is 4.63. The van der Waals surface area contributed by atoms with E-state index < -0.39 is 0 Å². The fourth-order valence-corrected chi connectivity index (χ4v) is 2.29. The summed E-state index contributed by atoms with van der Waals surface area (Å²) >= 11 is 0. The molecule has 0 fully saturated rings. The van der Waals surface area contributed by atoms with E-state index in [0.717, 1.165) is 25.2 Å². The van der Waals surface area contributed by atoms with Gasteiger partial charge in [-0.05, 0) is 55.0 Å². The number of hydrogen-bond donors (Lipinski definition) is 0. The predicted molar refractivity (Wildman–Crippen MR) is 73.6 cm³/mol. The maximum Gasteiger partial charge on any atom is 0.119 e. The van der Waals surface area contributed by atoms with Crippen molar-refractivity contribution in [2.45, 2.75) is 46.5 Å². The van der Waals surface area contributed by atoms with Crippen LogP contribution in [-0.2, 0) is 0 Å². The van der Waals surface area contributed by atoms with Crippen molar-refractivity contribution in [3.8, 4) is 18.1 Å². The minimum absolute atomic E-state index is 0.417. The highest BCUT2D eigenvalue weighted by molar-refractivity contribution is 5.43. The molecule has 0 aliphatic heterocycles. The van der Waals surface area contributed by atoms with Gasteiger partial charge in [-0.15, -0.1) is 12.3 Å². The van der Waals surface area contributed by atoms with Gasteiger partial charge in [0.15, 0.2) is 0 Å². The molecule has 0 amide bonds. The molecule has 0 aromatic heterocycles. The van der Waals surface area contributed by atoms with Crippen molar-refractivity contribution in [1.82, 2.24) is 0 Å². The van der Waals surface area contributed by atoms with Crippen molar-refractivity contribution in [2.24, 2.45) is 0 Å². The second-order valence-corrected chi connectivity index (χ2v) is 4.63. The Hall–Kier alpha value is -1.42. The van der Waals surface area contributed by atoms with Crippen LogP contribution in [0.3, 0.4) is 0 Å². The molecule has 17 heavy (non-hydrogen) atoms. The third-order valence-corrected chi connectivity index (χ3v) is 2.96. The quantitative estimate of drug-likeness (QED) is 0.688. The first-order chi connectivity index (χ1) is 8.10. The molecule has 0 bridgehead atoms. The average Bonchev–Trinajstić information content (AvgIpc) is 2.25. The summed E-state index contributed by atoms with van der Waals surface area (Å²) in [6.07, 6.45) is 7.21. The van der Waals surface area contributed by atoms with E-state index in [4.69, 9.17) is 11.2 Å². The van der Waals surface area contributed by atoms with Crippen LogP contribution in [0.15, 0.2) is 12.1 Å². The van der Waals surface area contributed by atoms with Crippen LogP contribution < -0.4 is 4.74 Å². The molecule has 1 nitrogen and oxygen atoms in total. The van der Waals surface area contributed by atoms with Gasteiger partial charge in [0.2, 0.25) is 0 Å². The van der Waals surface area contributed by atoms with Crippen molar-refractivity contribution < 1.29 is 4.74 Å². The zero-order valence-corrected chi connectivity index (χ0v) is 11.3. The van der Waals surface area contributed by atoms with Crippen molar-refractivity contribution in [3.63, 3.8) is 0 Å². The van der Waals surface area contributed by atoms with Crippen molar-refractivity contribution in [3.05, 3.63) is 28.8 Å². The molecule has 1 aromatic carbocycles. The lowest BCUT2D eigenvalue weighted by Gasteiger charge is -2.17. The first-order valence-electron chi connectivity index (χ1n) is 6.27. The Morgan fingerprint density at radius 2 is 1.88 bits per heavy atom. The Morgan fingerprint density at radius 1 is 1.29 bits per heavy atom. The number of aryl methyl sites for hydroxylation is 2. The summed E-state index contributed by atoms with van der Waals surface area (Å²) in [6.45, 7) is 9.34. The van der Waals surface area contributed by atoms with E-state index in [1.165, 1.54) is 16.7 Å². The summed E-state index contributed by atoms with van der Waals surface area (Å²) in [7, 11) is 0. The fraction of sp³-hybridized carbons (Fsp3) is 0.500. The van der Waals surface area contributed by atoms with Crippen LogP contribution in [0.2, 0.25) is 0 Å². The third kappa shape index (κ3) is 3.53. The van der Waals surface area contributed by atoms with E-state index in [1.54, 1.807) is 0 Å². The fourth-order valence-electron chi connectivity index (χ4n) is 2.29. The summed E-state index contributed by atoms with van der Waals surface area (Å²) in [6, 6.07) is 4.23. The monoisotopic (exact) mass is 230 g/mol. The Morgan fingerprint density at radius 3 is 2.35 bits per heavy atom. The molecule has 1 aromatic rings. The molecular formula is C16H22O. The van der Waals surface area contributed by atoms with Gasteiger partial charge < -0.3 is 4.74 Å². The maximum absolute atomic E-state index is 5.67. The minimum atomic E-state index is 0.417. The lowest BCUT2D eigenvalue weighted by molar-refractivity contribution is 0.317. The highest BCUT2D eigenvalue weighted by Crippen LogP contribution is 2.29. The van der Waals surface area contributed by atoms with Crippen LogP contribution in [0.5, 0.6) is 5.75 Å². The number of hydrogen-bond acceptors (Lipinski definition) is 1. The van der Waals surface area contributed by atoms with Crippen LogP contribution in [0.25, 0.3) is 0 Å². The number of benzene rings is 1. The minimum Gasteiger partial charge on any atom is -0.494 e. The van der Waals surface area contributed by atoms with Crippen molar-refractivity contribution in [2.75, 3.05) is 6.61 Å². The van der Waals surface area contributed by atoms with Gasteiger partial charge in [0.1, 0.15) is 5.75 Å². The molecular weight excluding hydrogens is 208 g/mol. The topological polar surface area (TPSA) is 9.23 Å². The third-order valence-electron chi connectivity index (χ3n) is 2.96. The zero-order chi connectivity index (χ0) is 12.8. The Labute approximate surface area is 105 Å². The molecule has 0 saturated carbocycles. The predicted octanol–water partition coefficient (Wildman–Crippen LogP) is 4.22. The Kier molecular flexibility index (Phi) is 5.10. The summed E-state index contributed by atoms with van der Waals surface area (Å²) in [4.78, 5) is 0. The normalized spacial score (nSPS) is 11.9. The van der Waals surface area contributed by atoms with Gasteiger partial charge in [0.25, 0.3) is 0 Å². The molecule has 0 aliphatic carbocycles. The molecule has 1 heteroatoms. The SMILES string of the molecule is C#CCC(C)c1c(C)cc(OCCC)cc1C. The van der Waals surface area contributed by atoms with Gasteiger partial charge in [0.05, 0.1) is 6.61 Å². The maximum atomic E-state index is 5.67. The molecule has 0 aliphatic rings. The molecule has 0 saturated heterocycles. The Balaban J connectivity index is 2.98. The van der Waals surface area contributed by atoms with Gasteiger partial charge >= 0.3 is 0 Å². The summed E-state index contributed by atoms with van der Waals surface area (Å²) in [5.74, 6) is 4.13. The largest absolute Gasteiger partial charge is 0.494 e. The first kappa shape index (κ1) is 13.6. The van der Waals surface area contributed by atoms with Gasteiger partial charge in [-0.25, -0.2) is 0 Å². The highest BCUT2D eigenvalue weighted by Gasteiger charge is 2.12. The van der Waals surface area contributed by atoms with Crippen molar-refractivity contribution >= 4 is 0 Å². The van der Waals surface area contributed by atoms with Gasteiger partial charge in [-0.1, -0.05) is 13.8 Å². The van der Waals surface area contributed by atoms with Crippen molar-refractivity contribution in [1.29, 1.82) is 0 Å². The van der Waals surface area contributed by atoms with Crippen LogP contribution in [-0.4, -0.2) is 6.61 Å². The smallest absolute Gasteiger partial charge is 0.119 e. The number of ether oxygens (including phenoxy) is 1. The van der Waals surface area contributed by atoms with Gasteiger partial charge in [0, 0.05) is 6.42 Å². The lowest BCUT2D eigenvalue weighted by Crippen LogP contribution is -2.02. The number of rotatable bonds is 5. The van der Waals surface area contributed by atoms with Crippen LogP contribution in [0.1, 0.15) is 49.3 Å². The average molecular weight is 230 g/mol. The second kappa shape index (κ2) is 6.35. The van der Waals surface area contributed by atoms with Gasteiger partial charge in [-0.2, -0.15) is 0 Å². The molecule has 92 valence electrons. The zero-order valence-electron chi connectivity index (χ0n) is 11.3. The van der Waals surface area contributed by atoms with Gasteiger partial charge in [-0.3, -0.25) is 0 Å². The van der Waals surface area contributed by atoms with E-state index in [2.05, 4.69) is 45.7 Å². The molecule has 0 spiro atoms. The summed E-state index contributed by atoms with van der Waals surface area (Å²) in [5.41, 5.74) is 3.92.